The summed E-state index contributed by atoms with van der Waals surface area (Å²) in [4.78, 5) is 16.2. The Morgan fingerprint density at radius 2 is 0.653 bits per heavy atom. The lowest BCUT2D eigenvalue weighted by molar-refractivity contribution is 0.953. The second-order valence-electron chi connectivity index (χ2n) is 18.8. The quantitative estimate of drug-likeness (QED) is 0.0905. The summed E-state index contributed by atoms with van der Waals surface area (Å²) in [5, 5.41) is 9.96. The van der Waals surface area contributed by atoms with Gasteiger partial charge in [-0.05, 0) is 64.8 Å². The van der Waals surface area contributed by atoms with Gasteiger partial charge in [-0.15, -0.1) is 0 Å². The Kier molecular flexibility index (Phi) is 10.8. The molecule has 0 unspecified atom stereocenters. The Morgan fingerprint density at radius 3 is 1.13 bits per heavy atom. The number of hydrogen-bond acceptors (Lipinski definition) is 3. The molecular formula is C69H50N4Si2. The molecule has 0 aliphatic carbocycles. The number of para-hydroxylation sites is 2. The van der Waals surface area contributed by atoms with Gasteiger partial charge in [0.2, 0.25) is 5.95 Å². The minimum atomic E-state index is -3.76. The molecular weight excluding hydrogens is 941 g/mol. The van der Waals surface area contributed by atoms with Crippen LogP contribution in [0.1, 0.15) is 5.48 Å². The van der Waals surface area contributed by atoms with E-state index in [-0.39, 0.29) is 35.6 Å². The van der Waals surface area contributed by atoms with E-state index in [1.807, 2.05) is 89.5 Å². The van der Waals surface area contributed by atoms with Crippen LogP contribution in [0, 0.1) is 0 Å². The minimum absolute atomic E-state index is 0.0577. The highest BCUT2D eigenvalue weighted by Gasteiger charge is 2.43. The molecule has 0 saturated carbocycles. The molecule has 13 aromatic rings. The second kappa shape index (κ2) is 19.6. The summed E-state index contributed by atoms with van der Waals surface area (Å²) in [7, 11) is -6.81. The third-order valence-electron chi connectivity index (χ3n) is 14.6. The second-order valence-corrected chi connectivity index (χ2v) is 26.3. The fourth-order valence-electron chi connectivity index (χ4n) is 11.3. The van der Waals surface area contributed by atoms with Crippen LogP contribution in [0.3, 0.4) is 0 Å². The third kappa shape index (κ3) is 7.95. The van der Waals surface area contributed by atoms with Gasteiger partial charge in [0.25, 0.3) is 0 Å². The van der Waals surface area contributed by atoms with Gasteiger partial charge in [-0.1, -0.05) is 291 Å². The predicted molar refractivity (Wildman–Crippen MR) is 318 cm³/mol. The van der Waals surface area contributed by atoms with Gasteiger partial charge in [-0.2, -0.15) is 9.97 Å². The molecule has 0 fully saturated rings. The van der Waals surface area contributed by atoms with Gasteiger partial charge in [0.15, 0.2) is 27.8 Å². The Bertz CT molecular complexity index is 4170. The topological polar surface area (TPSA) is 43.6 Å². The monoisotopic (exact) mass is 994 g/mol. The minimum Gasteiger partial charge on any atom is -0.278 e. The summed E-state index contributed by atoms with van der Waals surface area (Å²) >= 11 is 0. The van der Waals surface area contributed by atoms with Crippen molar-refractivity contribution in [1.82, 2.24) is 19.5 Å². The van der Waals surface area contributed by atoms with Crippen LogP contribution in [0.25, 0.3) is 61.7 Å². The molecule has 75 heavy (non-hydrogen) atoms. The van der Waals surface area contributed by atoms with Crippen LogP contribution in [0.4, 0.5) is 0 Å². The highest BCUT2D eigenvalue weighted by atomic mass is 28.3. The SMILES string of the molecule is [2H]c1c([2H])c(-c2nc(-c3cccc([Si](c4ccccc4)(c4ccccc4)c4ccccc4)c3)nc(-n3c4ccccc4c4ccccc43)n2)c([2H])c([Si](c2ccccc2)(c2ccccc2)c2cccc(-c3ccccc3)c2)c1[2H]. The molecule has 0 radical (unpaired) electrons. The van der Waals surface area contributed by atoms with Crippen molar-refractivity contribution in [2.45, 2.75) is 0 Å². The molecule has 0 aliphatic rings. The Balaban J connectivity index is 1.13. The third-order valence-corrected chi connectivity index (χ3v) is 24.0. The summed E-state index contributed by atoms with van der Waals surface area (Å²) in [5.74, 6) is 0.706. The normalized spacial score (nSPS) is 12.5. The molecule has 11 aromatic carbocycles. The van der Waals surface area contributed by atoms with E-state index in [0.717, 1.165) is 59.2 Å². The van der Waals surface area contributed by atoms with Crippen molar-refractivity contribution in [3.05, 3.63) is 303 Å². The number of fused-ring (bicyclic) bond motifs is 3. The van der Waals surface area contributed by atoms with Gasteiger partial charge >= 0.3 is 0 Å². The molecule has 0 saturated heterocycles. The van der Waals surface area contributed by atoms with E-state index >= 15 is 0 Å². The summed E-state index contributed by atoms with van der Waals surface area (Å²) in [6.07, 6.45) is 0. The molecule has 0 amide bonds. The number of nitrogens with zero attached hydrogens (tertiary/aromatic N) is 4. The van der Waals surface area contributed by atoms with Crippen molar-refractivity contribution in [1.29, 1.82) is 0 Å². The predicted octanol–water partition coefficient (Wildman–Crippen LogP) is 10.7. The van der Waals surface area contributed by atoms with Crippen molar-refractivity contribution in [2.24, 2.45) is 0 Å². The van der Waals surface area contributed by atoms with Gasteiger partial charge in [-0.3, -0.25) is 4.57 Å². The molecule has 0 N–H and O–H groups in total. The summed E-state index contributed by atoms with van der Waals surface area (Å²) in [6, 6.07) is 95.4. The number of rotatable bonds is 12. The van der Waals surface area contributed by atoms with Gasteiger partial charge < -0.3 is 0 Å². The van der Waals surface area contributed by atoms with Crippen molar-refractivity contribution in [3.8, 4) is 39.9 Å². The number of benzene rings is 11. The molecule has 2 heterocycles. The van der Waals surface area contributed by atoms with Crippen LogP contribution < -0.4 is 41.5 Å². The van der Waals surface area contributed by atoms with E-state index in [4.69, 9.17) is 15.0 Å². The molecule has 0 aliphatic heterocycles. The fraction of sp³-hybridized carbons (Fsp3) is 0. The van der Waals surface area contributed by atoms with E-state index in [2.05, 4.69) is 194 Å². The largest absolute Gasteiger partial charge is 0.278 e. The van der Waals surface area contributed by atoms with Crippen molar-refractivity contribution in [3.63, 3.8) is 0 Å². The standard InChI is InChI=1S/C69H50N4Si2/c1-7-26-51(27-8-1)52-28-23-41-60(48-52)75(58-37-15-5-16-38-58,59-39-17-6-18-40-59)62-43-25-30-54(50-62)68-70-67(71-69(72-68)73-65-46-21-19-44-63(65)64-45-20-22-47-66(64)73)53-29-24-42-61(49-53)74(55-31-9-2-10-32-55,56-33-11-3-12-34-56)57-35-13-4-14-36-57/h1-50H/i25D,30D,43D,50D. The van der Waals surface area contributed by atoms with Crippen molar-refractivity contribution < 1.29 is 5.48 Å². The smallest absolute Gasteiger partial charge is 0.238 e. The van der Waals surface area contributed by atoms with Crippen LogP contribution >= 0.6 is 0 Å². The Hall–Kier alpha value is -9.34. The summed E-state index contributed by atoms with van der Waals surface area (Å²) in [5.41, 5.74) is 4.55. The molecule has 4 nitrogen and oxygen atoms in total. The average Bonchev–Trinajstić information content (AvgIpc) is 3.96. The maximum Gasteiger partial charge on any atom is 0.238 e. The molecule has 0 spiro atoms. The zero-order chi connectivity index (χ0) is 53.5. The van der Waals surface area contributed by atoms with E-state index in [1.165, 1.54) is 15.6 Å². The van der Waals surface area contributed by atoms with Crippen LogP contribution in [0.2, 0.25) is 0 Å². The lowest BCUT2D eigenvalue weighted by Crippen LogP contribution is -2.74. The first-order chi connectivity index (χ1) is 38.9. The van der Waals surface area contributed by atoms with Crippen molar-refractivity contribution in [2.75, 3.05) is 0 Å². The maximum absolute atomic E-state index is 10.8. The molecule has 0 bridgehead atoms. The molecule has 354 valence electrons. The first kappa shape index (κ1) is 41.2. The fourth-order valence-corrected chi connectivity index (χ4v) is 20.6. The zero-order valence-electron chi connectivity index (χ0n) is 44.8. The van der Waals surface area contributed by atoms with E-state index in [9.17, 15) is 5.48 Å². The van der Waals surface area contributed by atoms with Crippen LogP contribution in [-0.4, -0.2) is 35.7 Å². The van der Waals surface area contributed by atoms with Crippen molar-refractivity contribution >= 4 is 79.4 Å². The molecule has 13 rings (SSSR count). The van der Waals surface area contributed by atoms with Crippen LogP contribution in [0.15, 0.2) is 303 Å². The number of aromatic nitrogens is 4. The van der Waals surface area contributed by atoms with Gasteiger partial charge in [0, 0.05) is 21.9 Å². The van der Waals surface area contributed by atoms with E-state index in [1.54, 1.807) is 0 Å². The van der Waals surface area contributed by atoms with Gasteiger partial charge in [-0.25, -0.2) is 4.98 Å². The Labute approximate surface area is 445 Å². The highest BCUT2D eigenvalue weighted by Crippen LogP contribution is 2.32. The summed E-state index contributed by atoms with van der Waals surface area (Å²) in [6.45, 7) is 0. The van der Waals surface area contributed by atoms with Crippen LogP contribution in [-0.2, 0) is 0 Å². The van der Waals surface area contributed by atoms with E-state index < -0.39 is 16.1 Å². The summed E-state index contributed by atoms with van der Waals surface area (Å²) < 4.78 is 42.8. The zero-order valence-corrected chi connectivity index (χ0v) is 42.8. The van der Waals surface area contributed by atoms with E-state index in [0.29, 0.717) is 17.0 Å². The van der Waals surface area contributed by atoms with Gasteiger partial charge in [0.05, 0.1) is 16.5 Å². The molecule has 2 aromatic heterocycles. The molecule has 0 atom stereocenters. The lowest BCUT2D eigenvalue weighted by atomic mass is 10.1. The van der Waals surface area contributed by atoms with Crippen LogP contribution in [0.5, 0.6) is 0 Å². The number of hydrogen-bond donors (Lipinski definition) is 0. The first-order valence-electron chi connectivity index (χ1n) is 27.3. The Morgan fingerprint density at radius 1 is 0.293 bits per heavy atom. The highest BCUT2D eigenvalue weighted by molar-refractivity contribution is 7.20. The maximum atomic E-state index is 10.8. The average molecular weight is 995 g/mol. The lowest BCUT2D eigenvalue weighted by Gasteiger charge is -2.35. The molecule has 6 heteroatoms. The first-order valence-corrected chi connectivity index (χ1v) is 29.3. The van der Waals surface area contributed by atoms with Gasteiger partial charge in [0.1, 0.15) is 0 Å².